The van der Waals surface area contributed by atoms with E-state index < -0.39 is 17.6 Å². The first-order valence-corrected chi connectivity index (χ1v) is 7.37. The molecule has 0 saturated carbocycles. The van der Waals surface area contributed by atoms with Gasteiger partial charge in [-0.2, -0.15) is 0 Å². The molecule has 0 aromatic heterocycles. The van der Waals surface area contributed by atoms with Gasteiger partial charge in [0.1, 0.15) is 5.60 Å². The zero-order valence-corrected chi connectivity index (χ0v) is 12.7. The molecule has 0 heterocycles. The van der Waals surface area contributed by atoms with Crippen LogP contribution in [0, 0.1) is 5.92 Å². The average molecular weight is 282 g/mol. The Morgan fingerprint density at radius 1 is 1.32 bits per heavy atom. The second-order valence-electron chi connectivity index (χ2n) is 5.50. The van der Waals surface area contributed by atoms with E-state index in [4.69, 9.17) is 4.74 Å². The van der Waals surface area contributed by atoms with Gasteiger partial charge in [0.2, 0.25) is 0 Å². The summed E-state index contributed by atoms with van der Waals surface area (Å²) < 4.78 is 5.34. The molecule has 0 radical (unpaired) electrons. The Morgan fingerprint density at radius 3 is 2.37 bits per heavy atom. The number of thioether (sulfide) groups is 1. The van der Waals surface area contributed by atoms with Crippen molar-refractivity contribution in [1.82, 2.24) is 0 Å². The van der Waals surface area contributed by atoms with E-state index in [9.17, 15) is 9.90 Å². The van der Waals surface area contributed by atoms with E-state index in [-0.39, 0.29) is 5.97 Å². The third kappa shape index (κ3) is 6.12. The van der Waals surface area contributed by atoms with Crippen LogP contribution in [0.2, 0.25) is 0 Å². The molecule has 0 spiro atoms. The minimum Gasteiger partial charge on any atom is -0.460 e. The Kier molecular flexibility index (Phi) is 5.88. The molecule has 0 fully saturated rings. The van der Waals surface area contributed by atoms with Crippen molar-refractivity contribution in [2.75, 3.05) is 5.75 Å². The van der Waals surface area contributed by atoms with Gasteiger partial charge in [0.15, 0.2) is 0 Å². The summed E-state index contributed by atoms with van der Waals surface area (Å²) in [5.41, 5.74) is -0.526. The summed E-state index contributed by atoms with van der Waals surface area (Å²) in [6.07, 6.45) is -0.717. The second-order valence-corrected chi connectivity index (χ2v) is 6.60. The standard InChI is InChI=1S/C15H22O3S/c1-11(16)13(14(17)18-15(2,3)4)10-19-12-8-6-5-7-9-12/h5-9,11,13,16H,10H2,1-4H3/t11-,13+/m0/s1. The molecular formula is C15H22O3S. The molecule has 1 rings (SSSR count). The third-order valence-corrected chi connectivity index (χ3v) is 3.60. The summed E-state index contributed by atoms with van der Waals surface area (Å²) in [7, 11) is 0. The van der Waals surface area contributed by atoms with Crippen molar-refractivity contribution < 1.29 is 14.6 Å². The summed E-state index contributed by atoms with van der Waals surface area (Å²) in [6, 6.07) is 9.82. The predicted molar refractivity (Wildman–Crippen MR) is 78.2 cm³/mol. The maximum absolute atomic E-state index is 12.0. The number of benzene rings is 1. The lowest BCUT2D eigenvalue weighted by molar-refractivity contribution is -0.162. The molecule has 3 nitrogen and oxygen atoms in total. The monoisotopic (exact) mass is 282 g/mol. The van der Waals surface area contributed by atoms with E-state index in [0.29, 0.717) is 5.75 Å². The smallest absolute Gasteiger partial charge is 0.312 e. The molecule has 1 aromatic carbocycles. The van der Waals surface area contributed by atoms with Crippen molar-refractivity contribution >= 4 is 17.7 Å². The Morgan fingerprint density at radius 2 is 1.89 bits per heavy atom. The first kappa shape index (κ1) is 16.1. The summed E-state index contributed by atoms with van der Waals surface area (Å²) in [5.74, 6) is -0.341. The van der Waals surface area contributed by atoms with Crippen LogP contribution in [-0.4, -0.2) is 28.5 Å². The van der Waals surface area contributed by atoms with E-state index in [0.717, 1.165) is 4.90 Å². The van der Waals surface area contributed by atoms with Crippen molar-refractivity contribution in [3.8, 4) is 0 Å². The Bertz CT molecular complexity index is 396. The molecule has 0 aliphatic heterocycles. The van der Waals surface area contributed by atoms with Crippen LogP contribution in [0.4, 0.5) is 0 Å². The quantitative estimate of drug-likeness (QED) is 0.666. The summed E-state index contributed by atoms with van der Waals surface area (Å²) >= 11 is 1.55. The second kappa shape index (κ2) is 6.96. The number of aliphatic hydroxyl groups is 1. The van der Waals surface area contributed by atoms with Crippen LogP contribution < -0.4 is 0 Å². The first-order chi connectivity index (χ1) is 8.79. The number of esters is 1. The highest BCUT2D eigenvalue weighted by Gasteiger charge is 2.28. The van der Waals surface area contributed by atoms with E-state index in [2.05, 4.69) is 0 Å². The van der Waals surface area contributed by atoms with Gasteiger partial charge in [-0.3, -0.25) is 4.79 Å². The van der Waals surface area contributed by atoms with Gasteiger partial charge in [0.05, 0.1) is 12.0 Å². The number of carbonyl (C=O) groups is 1. The van der Waals surface area contributed by atoms with Crippen LogP contribution in [0.5, 0.6) is 0 Å². The fraction of sp³-hybridized carbons (Fsp3) is 0.533. The van der Waals surface area contributed by atoms with Gasteiger partial charge in [-0.15, -0.1) is 11.8 Å². The fourth-order valence-electron chi connectivity index (χ4n) is 1.48. The van der Waals surface area contributed by atoms with Crippen LogP contribution in [0.3, 0.4) is 0 Å². The lowest BCUT2D eigenvalue weighted by Gasteiger charge is -2.25. The molecular weight excluding hydrogens is 260 g/mol. The normalized spacial score (nSPS) is 14.8. The lowest BCUT2D eigenvalue weighted by atomic mass is 10.1. The van der Waals surface area contributed by atoms with Crippen molar-refractivity contribution in [1.29, 1.82) is 0 Å². The highest BCUT2D eigenvalue weighted by atomic mass is 32.2. The number of rotatable bonds is 5. The average Bonchev–Trinajstić information content (AvgIpc) is 2.27. The molecule has 0 aliphatic rings. The van der Waals surface area contributed by atoms with Crippen molar-refractivity contribution in [2.45, 2.75) is 44.3 Å². The van der Waals surface area contributed by atoms with Crippen molar-refractivity contribution in [3.05, 3.63) is 30.3 Å². The van der Waals surface area contributed by atoms with Crippen LogP contribution >= 0.6 is 11.8 Å². The molecule has 19 heavy (non-hydrogen) atoms. The zero-order valence-electron chi connectivity index (χ0n) is 11.9. The number of hydrogen-bond donors (Lipinski definition) is 1. The molecule has 0 saturated heterocycles. The SMILES string of the molecule is C[C@H](O)[C@@H](CSc1ccccc1)C(=O)OC(C)(C)C. The van der Waals surface area contributed by atoms with Crippen molar-refractivity contribution in [2.24, 2.45) is 5.92 Å². The largest absolute Gasteiger partial charge is 0.460 e. The predicted octanol–water partition coefficient (Wildman–Crippen LogP) is 3.12. The maximum atomic E-state index is 12.0. The van der Waals surface area contributed by atoms with Gasteiger partial charge in [-0.1, -0.05) is 18.2 Å². The minimum atomic E-state index is -0.717. The zero-order chi connectivity index (χ0) is 14.5. The van der Waals surface area contributed by atoms with Gasteiger partial charge in [-0.25, -0.2) is 0 Å². The summed E-state index contributed by atoms with van der Waals surface area (Å²) in [4.78, 5) is 13.1. The molecule has 4 heteroatoms. The molecule has 1 aromatic rings. The lowest BCUT2D eigenvalue weighted by Crippen LogP contribution is -2.35. The van der Waals surface area contributed by atoms with Crippen molar-refractivity contribution in [3.63, 3.8) is 0 Å². The molecule has 0 unspecified atom stereocenters. The van der Waals surface area contributed by atoms with Gasteiger partial charge < -0.3 is 9.84 Å². The van der Waals surface area contributed by atoms with Crippen LogP contribution in [0.1, 0.15) is 27.7 Å². The maximum Gasteiger partial charge on any atom is 0.312 e. The Balaban J connectivity index is 2.61. The highest BCUT2D eigenvalue weighted by Crippen LogP contribution is 2.24. The molecule has 106 valence electrons. The van der Waals surface area contributed by atoms with Gasteiger partial charge in [-0.05, 0) is 39.8 Å². The Labute approximate surface area is 119 Å². The van der Waals surface area contributed by atoms with Crippen LogP contribution in [-0.2, 0) is 9.53 Å². The number of carbonyl (C=O) groups excluding carboxylic acids is 1. The van der Waals surface area contributed by atoms with Crippen LogP contribution in [0.15, 0.2) is 35.2 Å². The number of ether oxygens (including phenoxy) is 1. The number of hydrogen-bond acceptors (Lipinski definition) is 4. The van der Waals surface area contributed by atoms with Gasteiger partial charge in [0, 0.05) is 10.6 Å². The Hall–Kier alpha value is -1.00. The molecule has 1 N–H and O–H groups in total. The van der Waals surface area contributed by atoms with Crippen LogP contribution in [0.25, 0.3) is 0 Å². The molecule has 2 atom stereocenters. The van der Waals surface area contributed by atoms with E-state index in [1.54, 1.807) is 18.7 Å². The summed E-state index contributed by atoms with van der Waals surface area (Å²) in [6.45, 7) is 7.11. The minimum absolute atomic E-state index is 0.342. The van der Waals surface area contributed by atoms with E-state index >= 15 is 0 Å². The fourth-order valence-corrected chi connectivity index (χ4v) is 2.62. The molecule has 0 bridgehead atoms. The van der Waals surface area contributed by atoms with Gasteiger partial charge in [0.25, 0.3) is 0 Å². The van der Waals surface area contributed by atoms with E-state index in [1.807, 2.05) is 51.1 Å². The third-order valence-electron chi connectivity index (χ3n) is 2.46. The highest BCUT2D eigenvalue weighted by molar-refractivity contribution is 7.99. The van der Waals surface area contributed by atoms with E-state index in [1.165, 1.54) is 0 Å². The molecule has 0 amide bonds. The summed E-state index contributed by atoms with van der Waals surface area (Å²) in [5, 5.41) is 9.74. The first-order valence-electron chi connectivity index (χ1n) is 6.38. The number of aliphatic hydroxyl groups excluding tert-OH is 1. The van der Waals surface area contributed by atoms with Gasteiger partial charge >= 0.3 is 5.97 Å². The molecule has 0 aliphatic carbocycles. The topological polar surface area (TPSA) is 46.5 Å².